The van der Waals surface area contributed by atoms with Crippen molar-refractivity contribution >= 4 is 45.1 Å². The molecule has 0 unspecified atom stereocenters. The second kappa shape index (κ2) is 10.5. The number of hydrogen-bond donors (Lipinski definition) is 1. The highest BCUT2D eigenvalue weighted by molar-refractivity contribution is 7.14. The molecule has 6 rings (SSSR count). The molecule has 0 spiro atoms. The first kappa shape index (κ1) is 26.7. The molecule has 1 N–H and O–H groups in total. The Labute approximate surface area is 239 Å². The number of aromatic carboxylic acids is 1. The van der Waals surface area contributed by atoms with Gasteiger partial charge in [-0.3, -0.25) is 4.79 Å². The Bertz CT molecular complexity index is 1740. The van der Waals surface area contributed by atoms with E-state index in [9.17, 15) is 19.5 Å². The number of hydrogen-bond acceptors (Lipinski definition) is 6. The van der Waals surface area contributed by atoms with E-state index in [0.717, 1.165) is 35.7 Å². The van der Waals surface area contributed by atoms with Gasteiger partial charge in [0.25, 0.3) is 0 Å². The number of benzene rings is 2. The molecule has 0 atom stereocenters. The minimum atomic E-state index is -1.32. The topological polar surface area (TPSA) is 99.0 Å². The van der Waals surface area contributed by atoms with Crippen molar-refractivity contribution < 1.29 is 19.1 Å². The quantitative estimate of drug-likeness (QED) is 0.327. The number of aromatic nitrogens is 2. The average Bonchev–Trinajstić information content (AvgIpc) is 3.70. The van der Waals surface area contributed by atoms with Gasteiger partial charge in [-0.25, -0.2) is 23.9 Å². The van der Waals surface area contributed by atoms with Gasteiger partial charge in [-0.2, -0.15) is 0 Å². The van der Waals surface area contributed by atoms with E-state index >= 15 is 4.39 Å². The van der Waals surface area contributed by atoms with E-state index in [4.69, 9.17) is 0 Å². The minimum absolute atomic E-state index is 0.0574. The summed E-state index contributed by atoms with van der Waals surface area (Å²) in [5, 5.41) is 12.0. The summed E-state index contributed by atoms with van der Waals surface area (Å²) in [6, 6.07) is 10.6. The number of carboxylic acids is 1. The van der Waals surface area contributed by atoms with Crippen molar-refractivity contribution in [3.63, 3.8) is 0 Å². The van der Waals surface area contributed by atoms with Crippen molar-refractivity contribution in [2.75, 3.05) is 36.0 Å². The molecular weight excluding hydrogens is 545 g/mol. The third kappa shape index (κ3) is 4.97. The molecular formula is C30H28FN5O4S. The first-order chi connectivity index (χ1) is 19.7. The van der Waals surface area contributed by atoms with Crippen LogP contribution >= 0.6 is 11.3 Å². The van der Waals surface area contributed by atoms with Crippen molar-refractivity contribution in [3.8, 4) is 11.3 Å². The molecule has 1 aliphatic heterocycles. The number of fused-ring (bicyclic) bond motifs is 1. The van der Waals surface area contributed by atoms with Crippen LogP contribution in [0.1, 0.15) is 34.8 Å². The van der Waals surface area contributed by atoms with E-state index in [1.54, 1.807) is 15.5 Å². The highest BCUT2D eigenvalue weighted by atomic mass is 32.1. The summed E-state index contributed by atoms with van der Waals surface area (Å²) >= 11 is 1.36. The van der Waals surface area contributed by atoms with Crippen molar-refractivity contribution in [1.29, 1.82) is 0 Å². The molecule has 2 aromatic carbocycles. The van der Waals surface area contributed by atoms with Crippen LogP contribution < -0.4 is 15.2 Å². The maximum absolute atomic E-state index is 15.3. The Morgan fingerprint density at radius 1 is 1.15 bits per heavy atom. The molecule has 9 nitrogen and oxygen atoms in total. The number of amides is 2. The maximum atomic E-state index is 15.3. The number of thiazole rings is 1. The molecule has 11 heteroatoms. The number of halogens is 1. The molecule has 2 aliphatic rings. The Morgan fingerprint density at radius 3 is 2.49 bits per heavy atom. The molecule has 1 aliphatic carbocycles. The van der Waals surface area contributed by atoms with Gasteiger partial charge >= 0.3 is 12.0 Å². The second-order valence-electron chi connectivity index (χ2n) is 10.3. The molecule has 210 valence electrons. The van der Waals surface area contributed by atoms with Crippen molar-refractivity contribution in [2.45, 2.75) is 25.8 Å². The molecule has 0 bridgehead atoms. The smallest absolute Gasteiger partial charge is 0.341 e. The molecule has 41 heavy (non-hydrogen) atoms. The molecule has 0 radical (unpaired) electrons. The van der Waals surface area contributed by atoms with E-state index in [-0.39, 0.29) is 23.0 Å². The zero-order valence-electron chi connectivity index (χ0n) is 22.4. The lowest BCUT2D eigenvalue weighted by Gasteiger charge is -2.37. The predicted molar refractivity (Wildman–Crippen MR) is 158 cm³/mol. The van der Waals surface area contributed by atoms with Gasteiger partial charge in [-0.1, -0.05) is 36.4 Å². The first-order valence-electron chi connectivity index (χ1n) is 13.3. The van der Waals surface area contributed by atoms with Gasteiger partial charge in [0.2, 0.25) is 5.43 Å². The number of piperazine rings is 1. The number of rotatable bonds is 6. The Kier molecular flexibility index (Phi) is 6.82. The van der Waals surface area contributed by atoms with Crippen LogP contribution in [0, 0.1) is 12.7 Å². The highest BCUT2D eigenvalue weighted by Crippen LogP contribution is 2.38. The SMILES string of the molecule is C=CN(C(=O)N1CCN(c2cc3c(cc2F)c(=O)c(C(=O)O)cn3C2CC2)CC1)c1nc(-c2ccc(C)cc2)cs1. The van der Waals surface area contributed by atoms with Crippen LogP contribution in [-0.4, -0.2) is 57.7 Å². The molecule has 2 amide bonds. The molecule has 3 heterocycles. The number of pyridine rings is 1. The van der Waals surface area contributed by atoms with E-state index in [0.29, 0.717) is 42.5 Å². The van der Waals surface area contributed by atoms with Crippen molar-refractivity contribution in [2.24, 2.45) is 0 Å². The maximum Gasteiger partial charge on any atom is 0.341 e. The fourth-order valence-electron chi connectivity index (χ4n) is 5.17. The van der Waals surface area contributed by atoms with Gasteiger partial charge in [0, 0.05) is 60.9 Å². The summed E-state index contributed by atoms with van der Waals surface area (Å²) < 4.78 is 17.1. The van der Waals surface area contributed by atoms with Gasteiger partial charge in [0.1, 0.15) is 11.4 Å². The number of nitrogens with zero attached hydrogens (tertiary/aromatic N) is 5. The number of carbonyl (C=O) groups is 2. The number of carbonyl (C=O) groups excluding carboxylic acids is 1. The zero-order chi connectivity index (χ0) is 28.8. The van der Waals surface area contributed by atoms with Gasteiger partial charge in [-0.15, -0.1) is 11.3 Å². The number of carboxylic acid groups (broad SMARTS) is 1. The Morgan fingerprint density at radius 2 is 1.85 bits per heavy atom. The minimum Gasteiger partial charge on any atom is -0.477 e. The summed E-state index contributed by atoms with van der Waals surface area (Å²) in [4.78, 5) is 47.5. The van der Waals surface area contributed by atoms with Crippen LogP contribution in [0.5, 0.6) is 0 Å². The lowest BCUT2D eigenvalue weighted by atomic mass is 10.1. The monoisotopic (exact) mass is 573 g/mol. The largest absolute Gasteiger partial charge is 0.477 e. The van der Waals surface area contributed by atoms with Gasteiger partial charge in [0.05, 0.1) is 16.9 Å². The fraction of sp³-hybridized carbons (Fsp3) is 0.267. The standard InChI is InChI=1S/C30H28FN5O4S/c1-3-35(29-32-24(17-41-29)19-6-4-18(2)5-7-19)30(40)34-12-10-33(11-13-34)26-15-25-21(14-23(26)31)27(37)22(28(38)39)16-36(25)20-8-9-20/h3-7,14-17,20H,1,8-13H2,2H3,(H,38,39). The summed E-state index contributed by atoms with van der Waals surface area (Å²) in [6.45, 7) is 7.31. The fourth-order valence-corrected chi connectivity index (χ4v) is 5.99. The van der Waals surface area contributed by atoms with Crippen LogP contribution in [-0.2, 0) is 0 Å². The summed E-state index contributed by atoms with van der Waals surface area (Å²) in [6.07, 6.45) is 4.57. The lowest BCUT2D eigenvalue weighted by molar-refractivity contribution is 0.0694. The van der Waals surface area contributed by atoms with Crippen molar-refractivity contribution in [1.82, 2.24) is 14.5 Å². The molecule has 2 aromatic heterocycles. The lowest BCUT2D eigenvalue weighted by Crippen LogP contribution is -2.52. The highest BCUT2D eigenvalue weighted by Gasteiger charge is 2.30. The molecule has 1 saturated heterocycles. The molecule has 4 aromatic rings. The van der Waals surface area contributed by atoms with Crippen LogP contribution in [0.4, 0.5) is 20.0 Å². The van der Waals surface area contributed by atoms with Gasteiger partial charge < -0.3 is 19.5 Å². The third-order valence-electron chi connectivity index (χ3n) is 7.60. The van der Waals surface area contributed by atoms with Crippen LogP contribution in [0.2, 0.25) is 0 Å². The molecule has 1 saturated carbocycles. The third-order valence-corrected chi connectivity index (χ3v) is 8.44. The van der Waals surface area contributed by atoms with Gasteiger partial charge in [0.15, 0.2) is 5.13 Å². The number of aryl methyl sites for hydroxylation is 1. The summed E-state index contributed by atoms with van der Waals surface area (Å²) in [5.74, 6) is -1.92. The van der Waals surface area contributed by atoms with Crippen LogP contribution in [0.25, 0.3) is 22.2 Å². The Hall–Kier alpha value is -4.51. The van der Waals surface area contributed by atoms with Crippen LogP contribution in [0.3, 0.4) is 0 Å². The Balaban J connectivity index is 1.20. The predicted octanol–water partition coefficient (Wildman–Crippen LogP) is 5.50. The summed E-state index contributed by atoms with van der Waals surface area (Å²) in [5.41, 5.74) is 2.69. The second-order valence-corrected chi connectivity index (χ2v) is 11.2. The van der Waals surface area contributed by atoms with E-state index in [1.807, 2.05) is 41.5 Å². The van der Waals surface area contributed by atoms with E-state index < -0.39 is 17.2 Å². The van der Waals surface area contributed by atoms with Gasteiger partial charge in [-0.05, 0) is 31.9 Å². The number of anilines is 2. The van der Waals surface area contributed by atoms with Crippen LogP contribution in [0.15, 0.2) is 65.5 Å². The van der Waals surface area contributed by atoms with Crippen molar-refractivity contribution in [3.05, 3.63) is 87.9 Å². The summed E-state index contributed by atoms with van der Waals surface area (Å²) in [7, 11) is 0. The zero-order valence-corrected chi connectivity index (χ0v) is 23.2. The van der Waals surface area contributed by atoms with E-state index in [2.05, 4.69) is 11.6 Å². The normalized spacial score (nSPS) is 15.3. The first-order valence-corrected chi connectivity index (χ1v) is 14.2. The van der Waals surface area contributed by atoms with E-state index in [1.165, 1.54) is 28.6 Å². The molecule has 2 fully saturated rings. The number of urea groups is 1. The average molecular weight is 574 g/mol.